The van der Waals surface area contributed by atoms with Crippen molar-refractivity contribution in [3.05, 3.63) is 54.4 Å². The van der Waals surface area contributed by atoms with Crippen molar-refractivity contribution >= 4 is 0 Å². The van der Waals surface area contributed by atoms with Gasteiger partial charge < -0.3 is 4.57 Å². The Labute approximate surface area is 74.2 Å². The molecule has 1 nitrogen and oxygen atoms in total. The zero-order valence-electron chi connectivity index (χ0n) is 6.67. The molecule has 0 spiro atoms. The van der Waals surface area contributed by atoms with E-state index in [1.54, 1.807) is 12.3 Å². The van der Waals surface area contributed by atoms with Crippen molar-refractivity contribution in [3.63, 3.8) is 0 Å². The molecule has 1 aromatic carbocycles. The molecular formula is C10H6F2N. The van der Waals surface area contributed by atoms with E-state index in [0.29, 0.717) is 0 Å². The van der Waals surface area contributed by atoms with E-state index in [1.165, 1.54) is 10.8 Å². The van der Waals surface area contributed by atoms with Gasteiger partial charge in [0, 0.05) is 24.5 Å². The number of benzene rings is 1. The highest BCUT2D eigenvalue weighted by molar-refractivity contribution is 5.34. The summed E-state index contributed by atoms with van der Waals surface area (Å²) in [6, 6.07) is 7.71. The summed E-state index contributed by atoms with van der Waals surface area (Å²) in [5.41, 5.74) is 0.196. The van der Waals surface area contributed by atoms with Crippen LogP contribution in [0.25, 0.3) is 5.69 Å². The number of halogens is 2. The van der Waals surface area contributed by atoms with Crippen LogP contribution in [0.3, 0.4) is 0 Å². The largest absolute Gasteiger partial charge is 0.321 e. The molecule has 0 N–H and O–H groups in total. The highest BCUT2D eigenvalue weighted by Crippen LogP contribution is 2.14. The van der Waals surface area contributed by atoms with Crippen molar-refractivity contribution in [1.29, 1.82) is 0 Å². The second-order valence-corrected chi connectivity index (χ2v) is 2.61. The zero-order chi connectivity index (χ0) is 9.26. The van der Waals surface area contributed by atoms with Crippen LogP contribution in [0.1, 0.15) is 0 Å². The summed E-state index contributed by atoms with van der Waals surface area (Å²) >= 11 is 0. The Kier molecular flexibility index (Phi) is 1.85. The maximum Gasteiger partial charge on any atom is 0.147 e. The van der Waals surface area contributed by atoms with Crippen molar-refractivity contribution in [2.45, 2.75) is 0 Å². The third-order valence-electron chi connectivity index (χ3n) is 1.73. The molecule has 0 bridgehead atoms. The van der Waals surface area contributed by atoms with Gasteiger partial charge in [-0.15, -0.1) is 0 Å². The highest BCUT2D eigenvalue weighted by atomic mass is 19.1. The lowest BCUT2D eigenvalue weighted by Crippen LogP contribution is -1.94. The summed E-state index contributed by atoms with van der Waals surface area (Å²) in [5.74, 6) is -0.906. The second kappa shape index (κ2) is 3.01. The fourth-order valence-electron chi connectivity index (χ4n) is 1.12. The summed E-state index contributed by atoms with van der Waals surface area (Å²) in [4.78, 5) is 0. The lowest BCUT2D eigenvalue weighted by atomic mass is 10.3. The van der Waals surface area contributed by atoms with E-state index < -0.39 is 11.6 Å². The van der Waals surface area contributed by atoms with Crippen molar-refractivity contribution in [1.82, 2.24) is 4.57 Å². The van der Waals surface area contributed by atoms with E-state index >= 15 is 0 Å². The van der Waals surface area contributed by atoms with Gasteiger partial charge in [-0.25, -0.2) is 8.78 Å². The Bertz CT molecular complexity index is 407. The van der Waals surface area contributed by atoms with Crippen molar-refractivity contribution < 1.29 is 8.78 Å². The molecule has 1 aromatic heterocycles. The number of hydrogen-bond donors (Lipinski definition) is 0. The number of rotatable bonds is 1. The molecule has 0 aliphatic carbocycles. The van der Waals surface area contributed by atoms with Gasteiger partial charge in [-0.1, -0.05) is 0 Å². The van der Waals surface area contributed by atoms with Crippen molar-refractivity contribution in [2.24, 2.45) is 0 Å². The lowest BCUT2D eigenvalue weighted by Gasteiger charge is -2.03. The molecule has 13 heavy (non-hydrogen) atoms. The Morgan fingerprint density at radius 3 is 2.77 bits per heavy atom. The van der Waals surface area contributed by atoms with Crippen LogP contribution in [0.4, 0.5) is 8.78 Å². The SMILES string of the molecule is Fc1ccc(F)c(-n2c[c]cc2)c1. The number of nitrogens with zero attached hydrogens (tertiary/aromatic N) is 1. The third kappa shape index (κ3) is 1.45. The van der Waals surface area contributed by atoms with E-state index in [0.717, 1.165) is 18.2 Å². The van der Waals surface area contributed by atoms with Gasteiger partial charge in [-0.05, 0) is 18.2 Å². The molecule has 1 heterocycles. The Balaban J connectivity index is 2.57. The van der Waals surface area contributed by atoms with Crippen LogP contribution in [0, 0.1) is 17.7 Å². The highest BCUT2D eigenvalue weighted by Gasteiger charge is 2.03. The first kappa shape index (κ1) is 7.98. The molecule has 0 amide bonds. The maximum atomic E-state index is 13.1. The fourth-order valence-corrected chi connectivity index (χ4v) is 1.12. The van der Waals surface area contributed by atoms with Crippen LogP contribution in [0.15, 0.2) is 36.7 Å². The van der Waals surface area contributed by atoms with Crippen LogP contribution in [-0.4, -0.2) is 4.57 Å². The van der Waals surface area contributed by atoms with Gasteiger partial charge in [0.1, 0.15) is 11.6 Å². The van der Waals surface area contributed by atoms with Crippen LogP contribution in [0.5, 0.6) is 0 Å². The van der Waals surface area contributed by atoms with E-state index in [-0.39, 0.29) is 5.69 Å². The smallest absolute Gasteiger partial charge is 0.147 e. The molecule has 0 aliphatic heterocycles. The predicted molar refractivity (Wildman–Crippen MR) is 44.5 cm³/mol. The first-order valence-corrected chi connectivity index (χ1v) is 3.77. The first-order chi connectivity index (χ1) is 6.27. The average molecular weight is 178 g/mol. The van der Waals surface area contributed by atoms with Crippen molar-refractivity contribution in [3.8, 4) is 5.69 Å². The van der Waals surface area contributed by atoms with E-state index in [1.807, 2.05) is 0 Å². The molecule has 1 radical (unpaired) electrons. The molecule has 0 atom stereocenters. The lowest BCUT2D eigenvalue weighted by molar-refractivity contribution is 0.593. The van der Waals surface area contributed by atoms with Gasteiger partial charge in [0.2, 0.25) is 0 Å². The summed E-state index contributed by atoms with van der Waals surface area (Å²) in [7, 11) is 0. The third-order valence-corrected chi connectivity index (χ3v) is 1.73. The molecule has 0 aliphatic rings. The van der Waals surface area contributed by atoms with Gasteiger partial charge in [0.15, 0.2) is 0 Å². The molecule has 0 fully saturated rings. The minimum Gasteiger partial charge on any atom is -0.321 e. The maximum absolute atomic E-state index is 13.1. The van der Waals surface area contributed by atoms with Gasteiger partial charge in [-0.2, -0.15) is 0 Å². The van der Waals surface area contributed by atoms with Crippen molar-refractivity contribution in [2.75, 3.05) is 0 Å². The molecule has 2 aromatic rings. The standard InChI is InChI=1S/C10H6F2N/c11-8-3-4-9(12)10(7-8)13-5-1-2-6-13/h1,3-7H. The normalized spacial score (nSPS) is 10.3. The molecular weight excluding hydrogens is 172 g/mol. The van der Waals surface area contributed by atoms with E-state index in [2.05, 4.69) is 6.07 Å². The Morgan fingerprint density at radius 2 is 2.08 bits per heavy atom. The minimum atomic E-state index is -0.454. The van der Waals surface area contributed by atoms with Gasteiger partial charge in [0.25, 0.3) is 0 Å². The molecule has 3 heteroatoms. The average Bonchev–Trinajstić information content (AvgIpc) is 2.61. The van der Waals surface area contributed by atoms with E-state index in [4.69, 9.17) is 0 Å². The van der Waals surface area contributed by atoms with Crippen LogP contribution < -0.4 is 0 Å². The van der Waals surface area contributed by atoms with Gasteiger partial charge >= 0.3 is 0 Å². The quantitative estimate of drug-likeness (QED) is 0.632. The first-order valence-electron chi connectivity index (χ1n) is 3.77. The molecule has 2 rings (SSSR count). The minimum absolute atomic E-state index is 0.196. The number of hydrogen-bond acceptors (Lipinski definition) is 0. The van der Waals surface area contributed by atoms with E-state index in [9.17, 15) is 8.78 Å². The molecule has 0 unspecified atom stereocenters. The topological polar surface area (TPSA) is 4.93 Å². The summed E-state index contributed by atoms with van der Waals surface area (Å²) in [5, 5.41) is 0. The van der Waals surface area contributed by atoms with Crippen LogP contribution in [0.2, 0.25) is 0 Å². The second-order valence-electron chi connectivity index (χ2n) is 2.61. The molecule has 0 saturated carbocycles. The summed E-state index contributed by atoms with van der Waals surface area (Å²) < 4.78 is 27.4. The predicted octanol–water partition coefficient (Wildman–Crippen LogP) is 2.56. The number of aromatic nitrogens is 1. The van der Waals surface area contributed by atoms with Crippen LogP contribution >= 0.6 is 0 Å². The van der Waals surface area contributed by atoms with Crippen LogP contribution in [-0.2, 0) is 0 Å². The Morgan fingerprint density at radius 1 is 1.23 bits per heavy atom. The zero-order valence-corrected chi connectivity index (χ0v) is 6.67. The van der Waals surface area contributed by atoms with Gasteiger partial charge in [-0.3, -0.25) is 0 Å². The molecule has 65 valence electrons. The molecule has 0 saturated heterocycles. The van der Waals surface area contributed by atoms with Gasteiger partial charge in [0.05, 0.1) is 5.69 Å². The Hall–Kier alpha value is -1.64. The fraction of sp³-hybridized carbons (Fsp3) is 0. The summed E-state index contributed by atoms with van der Waals surface area (Å²) in [6.07, 6.45) is 3.15. The summed E-state index contributed by atoms with van der Waals surface area (Å²) in [6.45, 7) is 0. The monoisotopic (exact) mass is 178 g/mol.